The molecule has 0 spiro atoms. The van der Waals surface area contributed by atoms with Crippen molar-refractivity contribution >= 4 is 17.9 Å². The van der Waals surface area contributed by atoms with E-state index >= 15 is 0 Å². The Bertz CT molecular complexity index is 789. The highest BCUT2D eigenvalue weighted by atomic mass is 16.2. The van der Waals surface area contributed by atoms with Crippen molar-refractivity contribution in [3.8, 4) is 0 Å². The van der Waals surface area contributed by atoms with E-state index in [9.17, 15) is 9.59 Å². The first-order valence-electron chi connectivity index (χ1n) is 10.6. The van der Waals surface area contributed by atoms with Crippen LogP contribution in [0.2, 0.25) is 0 Å². The van der Waals surface area contributed by atoms with Crippen molar-refractivity contribution in [3.05, 3.63) is 77.9 Å². The van der Waals surface area contributed by atoms with Crippen LogP contribution in [0, 0.1) is 0 Å². The molecular weight excluding hydrogens is 374 g/mol. The van der Waals surface area contributed by atoms with Gasteiger partial charge in [0.2, 0.25) is 5.91 Å². The number of unbranched alkanes of at least 4 members (excludes halogenated alkanes) is 1. The largest absolute Gasteiger partial charge is 0.352 e. The van der Waals surface area contributed by atoms with E-state index in [2.05, 4.69) is 10.2 Å². The summed E-state index contributed by atoms with van der Waals surface area (Å²) in [4.78, 5) is 28.8. The van der Waals surface area contributed by atoms with Crippen molar-refractivity contribution in [3.63, 3.8) is 0 Å². The number of nitrogens with zero attached hydrogens (tertiary/aromatic N) is 2. The van der Waals surface area contributed by atoms with Crippen LogP contribution >= 0.6 is 0 Å². The number of rotatable bonds is 12. The van der Waals surface area contributed by atoms with Crippen molar-refractivity contribution in [2.24, 2.45) is 0 Å². The molecule has 2 amide bonds. The summed E-state index contributed by atoms with van der Waals surface area (Å²) in [5, 5.41) is 2.94. The number of amides is 2. The lowest BCUT2D eigenvalue weighted by atomic mass is 10.2. The van der Waals surface area contributed by atoms with Gasteiger partial charge in [0.1, 0.15) is 0 Å². The molecule has 5 heteroatoms. The normalized spacial score (nSPS) is 11.0. The molecule has 2 aromatic rings. The molecule has 0 radical (unpaired) electrons. The zero-order valence-corrected chi connectivity index (χ0v) is 18.1. The Kier molecular flexibility index (Phi) is 10.4. The molecule has 0 aliphatic heterocycles. The Morgan fingerprint density at radius 1 is 0.833 bits per heavy atom. The highest BCUT2D eigenvalue weighted by molar-refractivity contribution is 5.94. The van der Waals surface area contributed by atoms with Gasteiger partial charge in [-0.2, -0.15) is 0 Å². The minimum absolute atomic E-state index is 0.0333. The van der Waals surface area contributed by atoms with Gasteiger partial charge in [0.15, 0.2) is 0 Å². The topological polar surface area (TPSA) is 52.6 Å². The second-order valence-electron chi connectivity index (χ2n) is 7.56. The maximum Gasteiger partial charge on any atom is 0.251 e. The zero-order chi connectivity index (χ0) is 21.6. The Balaban J connectivity index is 1.79. The van der Waals surface area contributed by atoms with Crippen LogP contribution in [0.4, 0.5) is 0 Å². The molecule has 0 bridgehead atoms. The smallest absolute Gasteiger partial charge is 0.251 e. The summed E-state index contributed by atoms with van der Waals surface area (Å²) < 4.78 is 0. The van der Waals surface area contributed by atoms with Crippen molar-refractivity contribution in [2.75, 3.05) is 40.3 Å². The average Bonchev–Trinajstić information content (AvgIpc) is 2.77. The van der Waals surface area contributed by atoms with E-state index in [0.717, 1.165) is 37.9 Å². The standard InChI is InChI=1S/C25H33N3O2/c1-27(2)19-11-21-28(24(29)17-16-22-12-5-3-6-13-22)20-10-9-18-26-25(30)23-14-7-4-8-15-23/h3-8,12-17H,9-11,18-21H2,1-2H3,(H,26,30). The summed E-state index contributed by atoms with van der Waals surface area (Å²) in [6.07, 6.45) is 6.13. The highest BCUT2D eigenvalue weighted by Gasteiger charge is 2.11. The summed E-state index contributed by atoms with van der Waals surface area (Å²) in [5.74, 6) is -0.0220. The molecule has 1 N–H and O–H groups in total. The molecule has 2 rings (SSSR count). The van der Waals surface area contributed by atoms with Crippen LogP contribution in [0.5, 0.6) is 0 Å². The molecule has 0 aromatic heterocycles. The second kappa shape index (κ2) is 13.3. The number of carbonyl (C=O) groups excluding carboxylic acids is 2. The first kappa shape index (κ1) is 23.4. The average molecular weight is 408 g/mol. The number of hydrogen-bond donors (Lipinski definition) is 1. The zero-order valence-electron chi connectivity index (χ0n) is 18.1. The Morgan fingerprint density at radius 3 is 2.13 bits per heavy atom. The third kappa shape index (κ3) is 9.05. The molecule has 0 fully saturated rings. The van der Waals surface area contributed by atoms with Crippen molar-refractivity contribution in [1.29, 1.82) is 0 Å². The lowest BCUT2D eigenvalue weighted by Crippen LogP contribution is -2.33. The molecule has 30 heavy (non-hydrogen) atoms. The molecule has 0 saturated heterocycles. The van der Waals surface area contributed by atoms with Crippen LogP contribution in [0.3, 0.4) is 0 Å². The fraction of sp³-hybridized carbons (Fsp3) is 0.360. The van der Waals surface area contributed by atoms with Crippen LogP contribution in [0.1, 0.15) is 35.2 Å². The van der Waals surface area contributed by atoms with E-state index in [1.54, 1.807) is 18.2 Å². The molecule has 0 unspecified atom stereocenters. The van der Waals surface area contributed by atoms with E-state index in [0.29, 0.717) is 18.7 Å². The number of nitrogens with one attached hydrogen (secondary N) is 1. The molecule has 0 atom stereocenters. The lowest BCUT2D eigenvalue weighted by Gasteiger charge is -2.22. The molecule has 160 valence electrons. The van der Waals surface area contributed by atoms with Gasteiger partial charge in [-0.15, -0.1) is 0 Å². The SMILES string of the molecule is CN(C)CCCN(CCCCNC(=O)c1ccccc1)C(=O)C=Cc1ccccc1. The molecule has 5 nitrogen and oxygen atoms in total. The van der Waals surface area contributed by atoms with Crippen LogP contribution in [0.15, 0.2) is 66.7 Å². The summed E-state index contributed by atoms with van der Waals surface area (Å²) in [5.41, 5.74) is 1.69. The quantitative estimate of drug-likeness (QED) is 0.431. The van der Waals surface area contributed by atoms with E-state index in [-0.39, 0.29) is 11.8 Å². The number of carbonyl (C=O) groups is 2. The summed E-state index contributed by atoms with van der Waals surface area (Å²) in [7, 11) is 4.08. The first-order chi connectivity index (χ1) is 14.6. The molecule has 0 aliphatic carbocycles. The summed E-state index contributed by atoms with van der Waals surface area (Å²) in [6.45, 7) is 2.96. The Labute approximate surface area is 180 Å². The Morgan fingerprint density at radius 2 is 1.47 bits per heavy atom. The first-order valence-corrected chi connectivity index (χ1v) is 10.6. The van der Waals surface area contributed by atoms with Gasteiger partial charge in [0, 0.05) is 31.3 Å². The van der Waals surface area contributed by atoms with Gasteiger partial charge >= 0.3 is 0 Å². The number of benzene rings is 2. The molecule has 0 aliphatic rings. The highest BCUT2D eigenvalue weighted by Crippen LogP contribution is 2.05. The predicted octanol–water partition coefficient (Wildman–Crippen LogP) is 3.69. The van der Waals surface area contributed by atoms with E-state index in [1.807, 2.05) is 73.6 Å². The lowest BCUT2D eigenvalue weighted by molar-refractivity contribution is -0.126. The number of hydrogen-bond acceptors (Lipinski definition) is 3. The van der Waals surface area contributed by atoms with Gasteiger partial charge in [-0.05, 0) is 63.7 Å². The molecular formula is C25H33N3O2. The summed E-state index contributed by atoms with van der Waals surface area (Å²) >= 11 is 0. The Hall–Kier alpha value is -2.92. The second-order valence-corrected chi connectivity index (χ2v) is 7.56. The van der Waals surface area contributed by atoms with Crippen molar-refractivity contribution < 1.29 is 9.59 Å². The molecule has 0 saturated carbocycles. The van der Waals surface area contributed by atoms with Gasteiger partial charge in [0.05, 0.1) is 0 Å². The van der Waals surface area contributed by atoms with Gasteiger partial charge in [0.25, 0.3) is 5.91 Å². The minimum atomic E-state index is -0.0553. The van der Waals surface area contributed by atoms with Crippen LogP contribution in [-0.4, -0.2) is 61.9 Å². The van der Waals surface area contributed by atoms with Gasteiger partial charge < -0.3 is 15.1 Å². The third-order valence-corrected chi connectivity index (χ3v) is 4.74. The van der Waals surface area contributed by atoms with Crippen molar-refractivity contribution in [1.82, 2.24) is 15.1 Å². The van der Waals surface area contributed by atoms with Crippen LogP contribution in [-0.2, 0) is 4.79 Å². The summed E-state index contributed by atoms with van der Waals surface area (Å²) in [6, 6.07) is 19.1. The van der Waals surface area contributed by atoms with Crippen LogP contribution < -0.4 is 5.32 Å². The predicted molar refractivity (Wildman–Crippen MR) is 123 cm³/mol. The van der Waals surface area contributed by atoms with E-state index < -0.39 is 0 Å². The van der Waals surface area contributed by atoms with Gasteiger partial charge in [-0.1, -0.05) is 48.5 Å². The minimum Gasteiger partial charge on any atom is -0.352 e. The van der Waals surface area contributed by atoms with E-state index in [4.69, 9.17) is 0 Å². The molecule has 0 heterocycles. The fourth-order valence-electron chi connectivity index (χ4n) is 3.07. The maximum absolute atomic E-state index is 12.7. The fourth-order valence-corrected chi connectivity index (χ4v) is 3.07. The van der Waals surface area contributed by atoms with E-state index in [1.165, 1.54) is 0 Å². The van der Waals surface area contributed by atoms with Gasteiger partial charge in [-0.3, -0.25) is 9.59 Å². The van der Waals surface area contributed by atoms with Crippen LogP contribution in [0.25, 0.3) is 6.08 Å². The van der Waals surface area contributed by atoms with Gasteiger partial charge in [-0.25, -0.2) is 0 Å². The van der Waals surface area contributed by atoms with Crippen molar-refractivity contribution in [2.45, 2.75) is 19.3 Å². The third-order valence-electron chi connectivity index (χ3n) is 4.74. The molecule has 2 aromatic carbocycles. The maximum atomic E-state index is 12.7. The monoisotopic (exact) mass is 407 g/mol.